The van der Waals surface area contributed by atoms with Gasteiger partial charge in [-0.05, 0) is 18.4 Å². The summed E-state index contributed by atoms with van der Waals surface area (Å²) in [5.74, 6) is 0.879. The number of hydrogen-bond acceptors (Lipinski definition) is 4. The van der Waals surface area contributed by atoms with Gasteiger partial charge in [0.05, 0.1) is 5.41 Å². The molecule has 0 aliphatic carbocycles. The highest BCUT2D eigenvalue weighted by Gasteiger charge is 2.38. The second kappa shape index (κ2) is 5.69. The average molecular weight is 269 g/mol. The van der Waals surface area contributed by atoms with Gasteiger partial charge in [0.15, 0.2) is 0 Å². The van der Waals surface area contributed by atoms with Crippen molar-refractivity contribution in [1.82, 2.24) is 9.97 Å². The van der Waals surface area contributed by atoms with E-state index in [4.69, 9.17) is 10.5 Å². The molecule has 2 heterocycles. The summed E-state index contributed by atoms with van der Waals surface area (Å²) in [7, 11) is 0. The first-order chi connectivity index (χ1) is 9.85. The van der Waals surface area contributed by atoms with E-state index in [1.807, 2.05) is 18.5 Å². The monoisotopic (exact) mass is 269 g/mol. The maximum absolute atomic E-state index is 5.62. The van der Waals surface area contributed by atoms with Crippen LogP contribution in [-0.2, 0) is 16.7 Å². The lowest BCUT2D eigenvalue weighted by molar-refractivity contribution is 0.0604. The molecule has 2 aromatic rings. The molecule has 20 heavy (non-hydrogen) atoms. The lowest BCUT2D eigenvalue weighted by Gasteiger charge is -2.36. The van der Waals surface area contributed by atoms with Crippen molar-refractivity contribution in [3.63, 3.8) is 0 Å². The molecule has 1 aliphatic rings. The van der Waals surface area contributed by atoms with Crippen LogP contribution in [0.15, 0.2) is 42.7 Å². The highest BCUT2D eigenvalue weighted by atomic mass is 16.5. The van der Waals surface area contributed by atoms with Crippen molar-refractivity contribution in [2.24, 2.45) is 5.73 Å². The molecule has 1 fully saturated rings. The third-order valence-corrected chi connectivity index (χ3v) is 4.04. The van der Waals surface area contributed by atoms with Crippen LogP contribution in [0.3, 0.4) is 0 Å². The van der Waals surface area contributed by atoms with Crippen LogP contribution in [0.4, 0.5) is 0 Å². The van der Waals surface area contributed by atoms with Gasteiger partial charge in [0.25, 0.3) is 0 Å². The van der Waals surface area contributed by atoms with E-state index in [2.05, 4.69) is 34.2 Å². The predicted molar refractivity (Wildman–Crippen MR) is 77.2 cm³/mol. The SMILES string of the molecule is NCc1cnc(C2(c3ccccc3)CCOCC2)nc1. The molecule has 3 rings (SSSR count). The topological polar surface area (TPSA) is 61.0 Å². The van der Waals surface area contributed by atoms with Crippen LogP contribution in [0.1, 0.15) is 29.8 Å². The van der Waals surface area contributed by atoms with Crippen molar-refractivity contribution in [2.75, 3.05) is 13.2 Å². The van der Waals surface area contributed by atoms with Gasteiger partial charge in [-0.15, -0.1) is 0 Å². The fraction of sp³-hybridized carbons (Fsp3) is 0.375. The van der Waals surface area contributed by atoms with Gasteiger partial charge in [-0.2, -0.15) is 0 Å². The molecule has 4 heteroatoms. The zero-order valence-corrected chi connectivity index (χ0v) is 11.5. The van der Waals surface area contributed by atoms with Crippen molar-refractivity contribution in [3.05, 3.63) is 59.7 Å². The molecular weight excluding hydrogens is 250 g/mol. The quantitative estimate of drug-likeness (QED) is 0.926. The zero-order valence-electron chi connectivity index (χ0n) is 11.5. The summed E-state index contributed by atoms with van der Waals surface area (Å²) in [5.41, 5.74) is 7.72. The molecule has 4 nitrogen and oxygen atoms in total. The summed E-state index contributed by atoms with van der Waals surface area (Å²) in [4.78, 5) is 9.15. The number of aromatic nitrogens is 2. The average Bonchev–Trinajstić information content (AvgIpc) is 2.56. The Labute approximate surface area is 119 Å². The third kappa shape index (κ3) is 2.32. The molecule has 104 valence electrons. The van der Waals surface area contributed by atoms with Crippen LogP contribution in [0.2, 0.25) is 0 Å². The maximum atomic E-state index is 5.62. The first-order valence-electron chi connectivity index (χ1n) is 7.00. The van der Waals surface area contributed by atoms with Crippen LogP contribution >= 0.6 is 0 Å². The van der Waals surface area contributed by atoms with Gasteiger partial charge in [-0.25, -0.2) is 9.97 Å². The highest BCUT2D eigenvalue weighted by Crippen LogP contribution is 2.39. The normalized spacial score (nSPS) is 17.9. The molecule has 0 atom stereocenters. The Kier molecular flexibility index (Phi) is 3.76. The fourth-order valence-corrected chi connectivity index (χ4v) is 2.83. The molecule has 1 aromatic heterocycles. The Morgan fingerprint density at radius 2 is 1.70 bits per heavy atom. The smallest absolute Gasteiger partial charge is 0.138 e. The van der Waals surface area contributed by atoms with Gasteiger partial charge in [0.1, 0.15) is 5.82 Å². The molecule has 0 radical (unpaired) electrons. The molecule has 0 saturated carbocycles. The Balaban J connectivity index is 2.05. The summed E-state index contributed by atoms with van der Waals surface area (Å²) >= 11 is 0. The molecule has 2 N–H and O–H groups in total. The first kappa shape index (κ1) is 13.2. The molecule has 0 unspecified atom stereocenters. The summed E-state index contributed by atoms with van der Waals surface area (Å²) in [6.07, 6.45) is 5.50. The molecule has 0 bridgehead atoms. The van der Waals surface area contributed by atoms with Gasteiger partial charge in [0, 0.05) is 37.7 Å². The standard InChI is InChI=1S/C16H19N3O/c17-10-13-11-18-15(19-12-13)16(6-8-20-9-7-16)14-4-2-1-3-5-14/h1-5,11-12H,6-10,17H2. The molecule has 1 aromatic carbocycles. The van der Waals surface area contributed by atoms with E-state index in [9.17, 15) is 0 Å². The van der Waals surface area contributed by atoms with Crippen molar-refractivity contribution >= 4 is 0 Å². The Bertz CT molecular complexity index is 548. The Hall–Kier alpha value is -1.78. The molecule has 0 amide bonds. The highest BCUT2D eigenvalue weighted by molar-refractivity contribution is 5.33. The number of hydrogen-bond donors (Lipinski definition) is 1. The lowest BCUT2D eigenvalue weighted by atomic mass is 9.73. The minimum Gasteiger partial charge on any atom is -0.381 e. The number of benzene rings is 1. The third-order valence-electron chi connectivity index (χ3n) is 4.04. The van der Waals surface area contributed by atoms with E-state index in [0.29, 0.717) is 6.54 Å². The summed E-state index contributed by atoms with van der Waals surface area (Å²) < 4.78 is 5.54. The number of rotatable bonds is 3. The number of nitrogens with zero attached hydrogens (tertiary/aromatic N) is 2. The van der Waals surface area contributed by atoms with Gasteiger partial charge in [-0.1, -0.05) is 30.3 Å². The second-order valence-electron chi connectivity index (χ2n) is 5.18. The maximum Gasteiger partial charge on any atom is 0.138 e. The fourth-order valence-electron chi connectivity index (χ4n) is 2.83. The van der Waals surface area contributed by atoms with E-state index >= 15 is 0 Å². The van der Waals surface area contributed by atoms with Crippen LogP contribution in [0.5, 0.6) is 0 Å². The van der Waals surface area contributed by atoms with Crippen LogP contribution < -0.4 is 5.73 Å². The van der Waals surface area contributed by atoms with Crippen molar-refractivity contribution in [1.29, 1.82) is 0 Å². The minimum absolute atomic E-state index is 0.132. The van der Waals surface area contributed by atoms with Gasteiger partial charge in [0.2, 0.25) is 0 Å². The molecular formula is C16H19N3O. The van der Waals surface area contributed by atoms with Crippen LogP contribution in [-0.4, -0.2) is 23.2 Å². The predicted octanol–water partition coefficient (Wildman–Crippen LogP) is 2.03. The lowest BCUT2D eigenvalue weighted by Crippen LogP contribution is -2.36. The molecule has 0 spiro atoms. The van der Waals surface area contributed by atoms with E-state index in [1.165, 1.54) is 5.56 Å². The number of ether oxygens (including phenoxy) is 1. The van der Waals surface area contributed by atoms with E-state index in [1.54, 1.807) is 0 Å². The Morgan fingerprint density at radius 3 is 2.30 bits per heavy atom. The summed E-state index contributed by atoms with van der Waals surface area (Å²) in [6, 6.07) is 10.5. The number of nitrogens with two attached hydrogens (primary N) is 1. The van der Waals surface area contributed by atoms with Crippen LogP contribution in [0.25, 0.3) is 0 Å². The van der Waals surface area contributed by atoms with E-state index in [0.717, 1.165) is 37.4 Å². The minimum atomic E-state index is -0.132. The van der Waals surface area contributed by atoms with E-state index in [-0.39, 0.29) is 5.41 Å². The summed E-state index contributed by atoms with van der Waals surface area (Å²) in [5, 5.41) is 0. The van der Waals surface area contributed by atoms with Crippen molar-refractivity contribution < 1.29 is 4.74 Å². The van der Waals surface area contributed by atoms with E-state index < -0.39 is 0 Å². The first-order valence-corrected chi connectivity index (χ1v) is 7.00. The van der Waals surface area contributed by atoms with Crippen molar-refractivity contribution in [2.45, 2.75) is 24.8 Å². The van der Waals surface area contributed by atoms with Gasteiger partial charge >= 0.3 is 0 Å². The van der Waals surface area contributed by atoms with Crippen LogP contribution in [0, 0.1) is 0 Å². The largest absolute Gasteiger partial charge is 0.381 e. The Morgan fingerprint density at radius 1 is 1.05 bits per heavy atom. The van der Waals surface area contributed by atoms with Gasteiger partial charge in [-0.3, -0.25) is 0 Å². The second-order valence-corrected chi connectivity index (χ2v) is 5.18. The summed E-state index contributed by atoms with van der Waals surface area (Å²) in [6.45, 7) is 1.97. The van der Waals surface area contributed by atoms with Crippen molar-refractivity contribution in [3.8, 4) is 0 Å². The molecule has 1 aliphatic heterocycles. The van der Waals surface area contributed by atoms with Gasteiger partial charge < -0.3 is 10.5 Å². The molecule has 1 saturated heterocycles. The zero-order chi connectivity index (χ0) is 13.8.